The molecule has 18 heavy (non-hydrogen) atoms. The Kier molecular flexibility index (Phi) is 3.49. The van der Waals surface area contributed by atoms with Gasteiger partial charge in [0.25, 0.3) is 5.88 Å². The highest BCUT2D eigenvalue weighted by Gasteiger charge is 2.15. The lowest BCUT2D eigenvalue weighted by Crippen LogP contribution is -2.05. The van der Waals surface area contributed by atoms with Gasteiger partial charge in [-0.05, 0) is 6.07 Å². The van der Waals surface area contributed by atoms with Gasteiger partial charge in [0.05, 0.1) is 6.61 Å². The number of hydrogen-bond donors (Lipinski definition) is 2. The Balaban J connectivity index is 2.37. The number of carboxylic acid groups (broad SMARTS) is 1. The molecule has 0 radical (unpaired) electrons. The molecule has 1 heterocycles. The summed E-state index contributed by atoms with van der Waals surface area (Å²) in [5.74, 6) is -0.978. The predicted molar refractivity (Wildman–Crippen MR) is 61.4 cm³/mol. The van der Waals surface area contributed by atoms with Crippen molar-refractivity contribution in [2.24, 2.45) is 0 Å². The van der Waals surface area contributed by atoms with Crippen LogP contribution in [-0.2, 0) is 6.61 Å². The SMILES string of the molecule is O=C(O)c1nccnc1Oc1ccccc1CO. The first-order valence-electron chi connectivity index (χ1n) is 5.13. The molecule has 0 saturated carbocycles. The van der Waals surface area contributed by atoms with Crippen molar-refractivity contribution in [1.82, 2.24) is 9.97 Å². The minimum atomic E-state index is -1.22. The fraction of sp³-hybridized carbons (Fsp3) is 0.0833. The summed E-state index contributed by atoms with van der Waals surface area (Å²) >= 11 is 0. The molecule has 0 unspecified atom stereocenters. The van der Waals surface area contributed by atoms with E-state index in [0.29, 0.717) is 11.3 Å². The van der Waals surface area contributed by atoms with Gasteiger partial charge in [0, 0.05) is 18.0 Å². The maximum Gasteiger partial charge on any atom is 0.360 e. The number of carbonyl (C=O) groups is 1. The Morgan fingerprint density at radius 2 is 1.94 bits per heavy atom. The van der Waals surface area contributed by atoms with Crippen LogP contribution in [0.2, 0.25) is 0 Å². The molecule has 0 aliphatic carbocycles. The van der Waals surface area contributed by atoms with E-state index in [1.165, 1.54) is 12.4 Å². The van der Waals surface area contributed by atoms with E-state index < -0.39 is 5.97 Å². The summed E-state index contributed by atoms with van der Waals surface area (Å²) in [5.41, 5.74) is 0.268. The van der Waals surface area contributed by atoms with Gasteiger partial charge in [0.1, 0.15) is 5.75 Å². The third-order valence-corrected chi connectivity index (χ3v) is 2.22. The molecule has 6 heteroatoms. The molecule has 0 aliphatic rings. The van der Waals surface area contributed by atoms with E-state index in [1.54, 1.807) is 24.3 Å². The zero-order valence-corrected chi connectivity index (χ0v) is 9.28. The summed E-state index contributed by atoms with van der Waals surface area (Å²) in [5, 5.41) is 18.1. The number of nitrogens with zero attached hydrogens (tertiary/aromatic N) is 2. The summed E-state index contributed by atoms with van der Waals surface area (Å²) in [6.07, 6.45) is 2.61. The lowest BCUT2D eigenvalue weighted by Gasteiger charge is -2.09. The Hall–Kier alpha value is -2.47. The standard InChI is InChI=1S/C12H10N2O4/c15-7-8-3-1-2-4-9(8)18-11-10(12(16)17)13-5-6-14-11/h1-6,15H,7H2,(H,16,17). The van der Waals surface area contributed by atoms with Crippen molar-refractivity contribution in [2.45, 2.75) is 6.61 Å². The fourth-order valence-electron chi connectivity index (χ4n) is 1.38. The molecule has 0 amide bonds. The molecule has 6 nitrogen and oxygen atoms in total. The molecule has 0 bridgehead atoms. The van der Waals surface area contributed by atoms with E-state index in [1.807, 2.05) is 0 Å². The smallest absolute Gasteiger partial charge is 0.360 e. The average molecular weight is 246 g/mol. The monoisotopic (exact) mass is 246 g/mol. The number of hydrogen-bond acceptors (Lipinski definition) is 5. The van der Waals surface area contributed by atoms with E-state index in [2.05, 4.69) is 9.97 Å². The van der Waals surface area contributed by atoms with Gasteiger partial charge in [-0.2, -0.15) is 0 Å². The number of aliphatic hydroxyl groups excluding tert-OH is 1. The first-order chi connectivity index (χ1) is 8.72. The van der Waals surface area contributed by atoms with Crippen molar-refractivity contribution in [2.75, 3.05) is 0 Å². The summed E-state index contributed by atoms with van der Waals surface area (Å²) in [6.45, 7) is -0.209. The molecule has 1 aromatic heterocycles. The molecule has 0 fully saturated rings. The molecule has 2 aromatic rings. The lowest BCUT2D eigenvalue weighted by atomic mass is 10.2. The van der Waals surface area contributed by atoms with Crippen LogP contribution in [0.15, 0.2) is 36.7 Å². The Morgan fingerprint density at radius 1 is 1.22 bits per heavy atom. The third-order valence-electron chi connectivity index (χ3n) is 2.22. The number of para-hydroxylation sites is 1. The molecule has 2 rings (SSSR count). The summed E-state index contributed by atoms with van der Waals surface area (Å²) < 4.78 is 5.38. The Morgan fingerprint density at radius 3 is 2.67 bits per heavy atom. The van der Waals surface area contributed by atoms with Gasteiger partial charge in [-0.3, -0.25) is 0 Å². The van der Waals surface area contributed by atoms with Crippen LogP contribution in [0.1, 0.15) is 16.1 Å². The number of aromatic nitrogens is 2. The van der Waals surface area contributed by atoms with Gasteiger partial charge in [-0.15, -0.1) is 0 Å². The highest BCUT2D eigenvalue weighted by atomic mass is 16.5. The zero-order chi connectivity index (χ0) is 13.0. The van der Waals surface area contributed by atoms with E-state index in [0.717, 1.165) is 0 Å². The van der Waals surface area contributed by atoms with Gasteiger partial charge >= 0.3 is 5.97 Å². The minimum absolute atomic E-state index is 0.106. The van der Waals surface area contributed by atoms with Crippen LogP contribution in [0.5, 0.6) is 11.6 Å². The first kappa shape index (κ1) is 12.0. The largest absolute Gasteiger partial charge is 0.476 e. The normalized spacial score (nSPS) is 10.1. The molecule has 2 N–H and O–H groups in total. The Labute approximate surface area is 103 Å². The average Bonchev–Trinajstić information content (AvgIpc) is 2.40. The van der Waals surface area contributed by atoms with Gasteiger partial charge < -0.3 is 14.9 Å². The zero-order valence-electron chi connectivity index (χ0n) is 9.28. The third kappa shape index (κ3) is 2.44. The molecule has 0 spiro atoms. The molecular weight excluding hydrogens is 236 g/mol. The van der Waals surface area contributed by atoms with Crippen molar-refractivity contribution in [3.63, 3.8) is 0 Å². The second kappa shape index (κ2) is 5.24. The van der Waals surface area contributed by atoms with Crippen LogP contribution >= 0.6 is 0 Å². The van der Waals surface area contributed by atoms with E-state index >= 15 is 0 Å². The number of benzene rings is 1. The van der Waals surface area contributed by atoms with E-state index in [-0.39, 0.29) is 18.2 Å². The van der Waals surface area contributed by atoms with Crippen molar-refractivity contribution in [3.05, 3.63) is 47.9 Å². The van der Waals surface area contributed by atoms with Crippen molar-refractivity contribution in [1.29, 1.82) is 0 Å². The molecule has 92 valence electrons. The maximum absolute atomic E-state index is 10.9. The highest BCUT2D eigenvalue weighted by Crippen LogP contribution is 2.25. The van der Waals surface area contributed by atoms with Crippen LogP contribution in [-0.4, -0.2) is 26.2 Å². The molecule has 1 aromatic carbocycles. The van der Waals surface area contributed by atoms with Crippen molar-refractivity contribution >= 4 is 5.97 Å². The molecule has 0 atom stereocenters. The second-order valence-electron chi connectivity index (χ2n) is 3.38. The number of carboxylic acids is 1. The van der Waals surface area contributed by atoms with Crippen LogP contribution in [0, 0.1) is 0 Å². The number of ether oxygens (including phenoxy) is 1. The summed E-state index contributed by atoms with van der Waals surface area (Å²) in [7, 11) is 0. The molecule has 0 saturated heterocycles. The number of aliphatic hydroxyl groups is 1. The summed E-state index contributed by atoms with van der Waals surface area (Å²) in [4.78, 5) is 18.4. The van der Waals surface area contributed by atoms with Crippen LogP contribution < -0.4 is 4.74 Å². The molecule has 0 aliphatic heterocycles. The predicted octanol–water partition coefficient (Wildman–Crippen LogP) is 1.46. The topological polar surface area (TPSA) is 92.5 Å². The second-order valence-corrected chi connectivity index (χ2v) is 3.38. The van der Waals surface area contributed by atoms with Crippen LogP contribution in [0.4, 0.5) is 0 Å². The molecular formula is C12H10N2O4. The maximum atomic E-state index is 10.9. The Bertz CT molecular complexity index is 572. The van der Waals surface area contributed by atoms with Crippen LogP contribution in [0.25, 0.3) is 0 Å². The van der Waals surface area contributed by atoms with E-state index in [4.69, 9.17) is 14.9 Å². The first-order valence-corrected chi connectivity index (χ1v) is 5.13. The highest BCUT2D eigenvalue weighted by molar-refractivity contribution is 5.87. The van der Waals surface area contributed by atoms with Gasteiger partial charge in [0.15, 0.2) is 0 Å². The van der Waals surface area contributed by atoms with Crippen LogP contribution in [0.3, 0.4) is 0 Å². The summed E-state index contributed by atoms with van der Waals surface area (Å²) in [6, 6.07) is 6.75. The van der Waals surface area contributed by atoms with Crippen molar-refractivity contribution in [3.8, 4) is 11.6 Å². The van der Waals surface area contributed by atoms with Gasteiger partial charge in [-0.25, -0.2) is 14.8 Å². The minimum Gasteiger partial charge on any atom is -0.476 e. The quantitative estimate of drug-likeness (QED) is 0.848. The number of aromatic carboxylic acids is 1. The van der Waals surface area contributed by atoms with Gasteiger partial charge in [0.2, 0.25) is 5.69 Å². The lowest BCUT2D eigenvalue weighted by molar-refractivity contribution is 0.0686. The van der Waals surface area contributed by atoms with Gasteiger partial charge in [-0.1, -0.05) is 18.2 Å². The number of rotatable bonds is 4. The van der Waals surface area contributed by atoms with Crippen molar-refractivity contribution < 1.29 is 19.7 Å². The van der Waals surface area contributed by atoms with E-state index in [9.17, 15) is 4.79 Å². The fourth-order valence-corrected chi connectivity index (χ4v) is 1.38.